The van der Waals surface area contributed by atoms with Gasteiger partial charge in [0.1, 0.15) is 5.75 Å². The van der Waals surface area contributed by atoms with Gasteiger partial charge < -0.3 is 9.64 Å². The summed E-state index contributed by atoms with van der Waals surface area (Å²) < 4.78 is 5.47. The highest BCUT2D eigenvalue weighted by atomic mass is 16.5. The van der Waals surface area contributed by atoms with E-state index >= 15 is 0 Å². The molecule has 0 radical (unpaired) electrons. The molecule has 2 unspecified atom stereocenters. The van der Waals surface area contributed by atoms with Gasteiger partial charge in [-0.2, -0.15) is 0 Å². The molecule has 0 aliphatic heterocycles. The van der Waals surface area contributed by atoms with Crippen LogP contribution < -0.4 is 9.64 Å². The summed E-state index contributed by atoms with van der Waals surface area (Å²) in [6.45, 7) is 11.6. The zero-order chi connectivity index (χ0) is 18.5. The lowest BCUT2D eigenvalue weighted by Crippen LogP contribution is -2.34. The molecule has 2 nitrogen and oxygen atoms in total. The summed E-state index contributed by atoms with van der Waals surface area (Å²) in [6.07, 6.45) is 10.5. The number of ether oxygens (including phenoxy) is 1. The number of rotatable bonds is 14. The van der Waals surface area contributed by atoms with E-state index < -0.39 is 0 Å². The van der Waals surface area contributed by atoms with Crippen LogP contribution in [0.2, 0.25) is 0 Å². The Kier molecular flexibility index (Phi) is 11.4. The van der Waals surface area contributed by atoms with Crippen LogP contribution in [0.5, 0.6) is 5.75 Å². The Bertz CT molecular complexity index is 427. The van der Waals surface area contributed by atoms with Crippen LogP contribution in [0.15, 0.2) is 24.3 Å². The molecule has 2 atom stereocenters. The lowest BCUT2D eigenvalue weighted by Gasteiger charge is -2.32. The zero-order valence-corrected chi connectivity index (χ0v) is 17.4. The Morgan fingerprint density at radius 1 is 0.880 bits per heavy atom. The molecule has 0 bridgehead atoms. The smallest absolute Gasteiger partial charge is 0.120 e. The van der Waals surface area contributed by atoms with Crippen molar-refractivity contribution in [2.24, 2.45) is 11.8 Å². The molecular weight excluding hydrogens is 306 g/mol. The SMILES string of the molecule is CCCCC(CC)CN(CC(CC)CCCC)c1cccc(OC)c1. The molecule has 1 aromatic carbocycles. The summed E-state index contributed by atoms with van der Waals surface area (Å²) >= 11 is 0. The standard InChI is InChI=1S/C23H41NO/c1-6-10-13-20(8-3)18-24(19-21(9-4)14-11-7-2)22-15-12-16-23(17-22)25-5/h12,15-17,20-21H,6-11,13-14,18-19H2,1-5H3. The van der Waals surface area contributed by atoms with Crippen LogP contribution in [-0.4, -0.2) is 20.2 Å². The van der Waals surface area contributed by atoms with E-state index in [1.165, 1.54) is 70.1 Å². The molecule has 0 amide bonds. The molecule has 1 rings (SSSR count). The van der Waals surface area contributed by atoms with Crippen molar-refractivity contribution in [2.75, 3.05) is 25.1 Å². The minimum absolute atomic E-state index is 0.787. The molecule has 144 valence electrons. The third-order valence-electron chi connectivity index (χ3n) is 5.46. The maximum absolute atomic E-state index is 5.47. The van der Waals surface area contributed by atoms with Gasteiger partial charge in [0.05, 0.1) is 7.11 Å². The average molecular weight is 348 g/mol. The van der Waals surface area contributed by atoms with E-state index in [1.54, 1.807) is 7.11 Å². The summed E-state index contributed by atoms with van der Waals surface area (Å²) in [4.78, 5) is 2.64. The van der Waals surface area contributed by atoms with Gasteiger partial charge in [-0.05, 0) is 36.8 Å². The lowest BCUT2D eigenvalue weighted by atomic mass is 9.95. The maximum atomic E-state index is 5.47. The first-order chi connectivity index (χ1) is 12.2. The van der Waals surface area contributed by atoms with Gasteiger partial charge in [-0.3, -0.25) is 0 Å². The minimum atomic E-state index is 0.787. The summed E-state index contributed by atoms with van der Waals surface area (Å²) in [5, 5.41) is 0. The van der Waals surface area contributed by atoms with Gasteiger partial charge in [-0.25, -0.2) is 0 Å². The number of nitrogens with zero attached hydrogens (tertiary/aromatic N) is 1. The Labute approximate surface area is 157 Å². The van der Waals surface area contributed by atoms with Crippen LogP contribution in [-0.2, 0) is 0 Å². The van der Waals surface area contributed by atoms with Gasteiger partial charge in [0.2, 0.25) is 0 Å². The normalized spacial score (nSPS) is 13.5. The second kappa shape index (κ2) is 13.1. The predicted octanol–water partition coefficient (Wildman–Crippen LogP) is 6.93. The van der Waals surface area contributed by atoms with E-state index in [4.69, 9.17) is 4.74 Å². The fraction of sp³-hybridized carbons (Fsp3) is 0.739. The second-order valence-electron chi connectivity index (χ2n) is 7.44. The van der Waals surface area contributed by atoms with Crippen molar-refractivity contribution in [3.8, 4) is 5.75 Å². The topological polar surface area (TPSA) is 12.5 Å². The van der Waals surface area contributed by atoms with Crippen LogP contribution in [0, 0.1) is 11.8 Å². The van der Waals surface area contributed by atoms with Crippen molar-refractivity contribution in [3.05, 3.63) is 24.3 Å². The first-order valence-corrected chi connectivity index (χ1v) is 10.6. The molecule has 0 heterocycles. The highest BCUT2D eigenvalue weighted by molar-refractivity contribution is 5.50. The Balaban J connectivity index is 2.90. The zero-order valence-electron chi connectivity index (χ0n) is 17.4. The summed E-state index contributed by atoms with van der Waals surface area (Å²) in [5.74, 6) is 2.54. The van der Waals surface area contributed by atoms with Gasteiger partial charge in [0.25, 0.3) is 0 Å². The van der Waals surface area contributed by atoms with Crippen LogP contribution in [0.4, 0.5) is 5.69 Å². The van der Waals surface area contributed by atoms with Gasteiger partial charge in [-0.1, -0.05) is 72.3 Å². The van der Waals surface area contributed by atoms with E-state index in [0.717, 1.165) is 17.6 Å². The number of anilines is 1. The van der Waals surface area contributed by atoms with E-state index in [2.05, 4.69) is 50.8 Å². The molecule has 1 aromatic rings. The van der Waals surface area contributed by atoms with Gasteiger partial charge in [-0.15, -0.1) is 0 Å². The molecule has 25 heavy (non-hydrogen) atoms. The fourth-order valence-electron chi connectivity index (χ4n) is 3.55. The van der Waals surface area contributed by atoms with Gasteiger partial charge in [0.15, 0.2) is 0 Å². The number of benzene rings is 1. The Hall–Kier alpha value is -1.18. The third-order valence-corrected chi connectivity index (χ3v) is 5.46. The van der Waals surface area contributed by atoms with Crippen molar-refractivity contribution in [2.45, 2.75) is 79.1 Å². The van der Waals surface area contributed by atoms with Crippen LogP contribution in [0.3, 0.4) is 0 Å². The lowest BCUT2D eigenvalue weighted by molar-refractivity contribution is 0.401. The van der Waals surface area contributed by atoms with Crippen molar-refractivity contribution >= 4 is 5.69 Å². The van der Waals surface area contributed by atoms with Gasteiger partial charge in [0, 0.05) is 24.8 Å². The highest BCUT2D eigenvalue weighted by Gasteiger charge is 2.17. The summed E-state index contributed by atoms with van der Waals surface area (Å²) in [7, 11) is 1.76. The Morgan fingerprint density at radius 3 is 1.88 bits per heavy atom. The van der Waals surface area contributed by atoms with Crippen LogP contribution in [0.25, 0.3) is 0 Å². The largest absolute Gasteiger partial charge is 0.497 e. The second-order valence-corrected chi connectivity index (χ2v) is 7.44. The molecule has 0 N–H and O–H groups in total. The van der Waals surface area contributed by atoms with Gasteiger partial charge >= 0.3 is 0 Å². The van der Waals surface area contributed by atoms with Crippen LogP contribution in [0.1, 0.15) is 79.1 Å². The molecule has 0 saturated carbocycles. The average Bonchev–Trinajstić information content (AvgIpc) is 2.66. The maximum Gasteiger partial charge on any atom is 0.120 e. The molecule has 0 saturated heterocycles. The number of hydrogen-bond acceptors (Lipinski definition) is 2. The highest BCUT2D eigenvalue weighted by Crippen LogP contribution is 2.26. The number of hydrogen-bond donors (Lipinski definition) is 0. The Morgan fingerprint density at radius 2 is 1.44 bits per heavy atom. The monoisotopic (exact) mass is 347 g/mol. The fourth-order valence-corrected chi connectivity index (χ4v) is 3.55. The number of methoxy groups -OCH3 is 1. The molecular formula is C23H41NO. The van der Waals surface area contributed by atoms with Crippen molar-refractivity contribution < 1.29 is 4.74 Å². The number of unbranched alkanes of at least 4 members (excludes halogenated alkanes) is 2. The van der Waals surface area contributed by atoms with E-state index in [1.807, 2.05) is 6.07 Å². The van der Waals surface area contributed by atoms with E-state index in [0.29, 0.717) is 0 Å². The first kappa shape index (κ1) is 21.9. The minimum Gasteiger partial charge on any atom is -0.497 e. The molecule has 0 aromatic heterocycles. The summed E-state index contributed by atoms with van der Waals surface area (Å²) in [5.41, 5.74) is 1.32. The third kappa shape index (κ3) is 8.16. The van der Waals surface area contributed by atoms with Crippen molar-refractivity contribution in [3.63, 3.8) is 0 Å². The molecule has 0 aliphatic rings. The van der Waals surface area contributed by atoms with E-state index in [-0.39, 0.29) is 0 Å². The van der Waals surface area contributed by atoms with E-state index in [9.17, 15) is 0 Å². The molecule has 0 aliphatic carbocycles. The van der Waals surface area contributed by atoms with Crippen molar-refractivity contribution in [1.82, 2.24) is 0 Å². The quantitative estimate of drug-likeness (QED) is 0.361. The predicted molar refractivity (Wildman–Crippen MR) is 112 cm³/mol. The van der Waals surface area contributed by atoms with Crippen LogP contribution >= 0.6 is 0 Å². The first-order valence-electron chi connectivity index (χ1n) is 10.6. The molecule has 0 spiro atoms. The molecule has 0 fully saturated rings. The summed E-state index contributed by atoms with van der Waals surface area (Å²) in [6, 6.07) is 8.63. The van der Waals surface area contributed by atoms with Crippen molar-refractivity contribution in [1.29, 1.82) is 0 Å². The molecule has 2 heteroatoms.